The van der Waals surface area contributed by atoms with Crippen LogP contribution in [-0.2, 0) is 11.2 Å². The fourth-order valence-electron chi connectivity index (χ4n) is 1.81. The van der Waals surface area contributed by atoms with E-state index in [1.807, 2.05) is 12.1 Å². The van der Waals surface area contributed by atoms with Gasteiger partial charge < -0.3 is 20.7 Å². The molecule has 122 valence electrons. The quantitative estimate of drug-likeness (QED) is 0.353. The molecule has 0 amide bonds. The van der Waals surface area contributed by atoms with E-state index >= 15 is 0 Å². The molecule has 0 bridgehead atoms. The van der Waals surface area contributed by atoms with Crippen LogP contribution >= 0.6 is 67.8 Å². The van der Waals surface area contributed by atoms with Gasteiger partial charge in [-0.05, 0) is 98.0 Å². The Balaban J connectivity index is 0.00000288. The van der Waals surface area contributed by atoms with Gasteiger partial charge in [0, 0.05) is 3.57 Å². The molecule has 0 aliphatic heterocycles. The van der Waals surface area contributed by atoms with Crippen LogP contribution in [-0.4, -0.2) is 17.1 Å². The number of carboxylic acids is 1. The van der Waals surface area contributed by atoms with Crippen molar-refractivity contribution in [2.45, 2.75) is 12.5 Å². The number of halogens is 3. The molecular weight excluding hydrogens is 662 g/mol. The Labute approximate surface area is 202 Å². The Hall–Kier alpha value is 0.660. The zero-order valence-corrected chi connectivity index (χ0v) is 21.0. The molecule has 1 atom stereocenters. The van der Waals surface area contributed by atoms with Crippen molar-refractivity contribution in [2.24, 2.45) is 5.73 Å². The second-order valence-corrected chi connectivity index (χ2v) is 8.20. The van der Waals surface area contributed by atoms with Crippen LogP contribution < -0.4 is 45.1 Å². The predicted molar refractivity (Wildman–Crippen MR) is 110 cm³/mol. The van der Waals surface area contributed by atoms with Crippen molar-refractivity contribution >= 4 is 73.7 Å². The summed E-state index contributed by atoms with van der Waals surface area (Å²) in [6, 6.07) is 7.38. The van der Waals surface area contributed by atoms with Gasteiger partial charge in [-0.25, -0.2) is 0 Å². The van der Waals surface area contributed by atoms with Gasteiger partial charge in [-0.1, -0.05) is 12.1 Å². The number of ether oxygens (including phenoxy) is 1. The number of carboxylic acid groups (broad SMARTS) is 1. The van der Waals surface area contributed by atoms with E-state index in [1.54, 1.807) is 6.07 Å². The maximum Gasteiger partial charge on any atom is 1.00 e. The fraction of sp³-hybridized carbons (Fsp3) is 0.133. The summed E-state index contributed by atoms with van der Waals surface area (Å²) in [5.41, 5.74) is 6.46. The van der Waals surface area contributed by atoms with E-state index in [9.17, 15) is 9.90 Å². The minimum Gasteiger partial charge on any atom is -0.872 e. The van der Waals surface area contributed by atoms with Crippen molar-refractivity contribution in [2.75, 3.05) is 0 Å². The Kier molecular flexibility index (Phi) is 9.57. The largest absolute Gasteiger partial charge is 1.00 e. The molecule has 0 spiro atoms. The summed E-state index contributed by atoms with van der Waals surface area (Å²) in [6.45, 7) is 0. The molecule has 2 aromatic carbocycles. The van der Waals surface area contributed by atoms with Crippen molar-refractivity contribution in [3.63, 3.8) is 0 Å². The van der Waals surface area contributed by atoms with Crippen LogP contribution in [0.4, 0.5) is 0 Å². The summed E-state index contributed by atoms with van der Waals surface area (Å²) < 4.78 is 8.34. The zero-order chi connectivity index (χ0) is 17.1. The molecule has 2 rings (SSSR count). The molecule has 0 saturated carbocycles. The van der Waals surface area contributed by atoms with Gasteiger partial charge in [0.1, 0.15) is 17.5 Å². The van der Waals surface area contributed by atoms with Crippen LogP contribution in [0.25, 0.3) is 0 Å². The number of nitrogens with two attached hydrogens (primary N) is 1. The van der Waals surface area contributed by atoms with Gasteiger partial charge in [0.15, 0.2) is 0 Å². The molecule has 0 heterocycles. The van der Waals surface area contributed by atoms with Crippen molar-refractivity contribution in [3.8, 4) is 17.2 Å². The van der Waals surface area contributed by atoms with Gasteiger partial charge in [0.2, 0.25) is 0 Å². The SMILES string of the molecule is N[C@@H](Cc1cc(I)c(Oc2ccc([O-])cc2I)cc1I)C(=O)O.[Na+]. The first-order valence-electron chi connectivity index (χ1n) is 6.38. The van der Waals surface area contributed by atoms with Crippen LogP contribution in [0.5, 0.6) is 17.2 Å². The molecule has 0 fully saturated rings. The molecule has 0 aromatic heterocycles. The van der Waals surface area contributed by atoms with E-state index in [1.165, 1.54) is 12.1 Å². The first-order valence-corrected chi connectivity index (χ1v) is 9.62. The van der Waals surface area contributed by atoms with E-state index in [-0.39, 0.29) is 41.7 Å². The normalized spacial score (nSPS) is 11.5. The van der Waals surface area contributed by atoms with Gasteiger partial charge in [0.05, 0.1) is 7.14 Å². The van der Waals surface area contributed by atoms with E-state index in [0.717, 1.165) is 16.3 Å². The number of carbonyl (C=O) groups is 1. The molecular formula is C15H11I3NNaO4. The Morgan fingerprint density at radius 1 is 1.12 bits per heavy atom. The van der Waals surface area contributed by atoms with E-state index in [0.29, 0.717) is 11.5 Å². The first kappa shape index (κ1) is 22.7. The number of benzene rings is 2. The topological polar surface area (TPSA) is 95.6 Å². The maximum absolute atomic E-state index is 11.3. The fourth-order valence-corrected chi connectivity index (χ4v) is 3.71. The molecule has 5 nitrogen and oxygen atoms in total. The summed E-state index contributed by atoms with van der Waals surface area (Å²) in [7, 11) is 0. The Morgan fingerprint density at radius 2 is 1.75 bits per heavy atom. The van der Waals surface area contributed by atoms with Gasteiger partial charge in [-0.15, -0.1) is 5.75 Å². The molecule has 2 aromatic rings. The molecule has 3 N–H and O–H groups in total. The summed E-state index contributed by atoms with van der Waals surface area (Å²) in [6.07, 6.45) is 0.256. The van der Waals surface area contributed by atoms with E-state index in [4.69, 9.17) is 15.6 Å². The van der Waals surface area contributed by atoms with Gasteiger partial charge >= 0.3 is 35.5 Å². The number of aliphatic carboxylic acids is 1. The summed E-state index contributed by atoms with van der Waals surface area (Å²) in [5.74, 6) is 0.167. The van der Waals surface area contributed by atoms with Crippen molar-refractivity contribution < 1.29 is 49.3 Å². The molecule has 0 aliphatic rings. The average Bonchev–Trinajstić information content (AvgIpc) is 2.46. The summed E-state index contributed by atoms with van der Waals surface area (Å²) in [5, 5.41) is 20.2. The smallest absolute Gasteiger partial charge is 0.872 e. The number of hydrogen-bond acceptors (Lipinski definition) is 4. The van der Waals surface area contributed by atoms with Gasteiger partial charge in [0.25, 0.3) is 0 Å². The van der Waals surface area contributed by atoms with Gasteiger partial charge in [-0.2, -0.15) is 0 Å². The van der Waals surface area contributed by atoms with Crippen LogP contribution in [0.15, 0.2) is 30.3 Å². The third kappa shape index (κ3) is 6.13. The number of rotatable bonds is 5. The van der Waals surface area contributed by atoms with Crippen molar-refractivity contribution in [1.82, 2.24) is 0 Å². The first-order chi connectivity index (χ1) is 10.8. The third-order valence-electron chi connectivity index (χ3n) is 2.98. The third-order valence-corrected chi connectivity index (χ3v) is 5.67. The Bertz CT molecular complexity index is 758. The maximum atomic E-state index is 11.3. The molecule has 24 heavy (non-hydrogen) atoms. The standard InChI is InChI=1S/C15H12I3NO4.Na/c16-9-6-14(23-13-2-1-8(20)5-11(13)18)10(17)3-7(9)4-12(19)15(21)22;/h1-3,5-6,12,20H,4,19H2,(H,21,22);/q;+1/p-1/t12-;/m0./s1. The van der Waals surface area contributed by atoms with Crippen molar-refractivity contribution in [1.29, 1.82) is 0 Å². The Morgan fingerprint density at radius 3 is 2.33 bits per heavy atom. The predicted octanol–water partition coefficient (Wildman–Crippen LogP) is 0.325. The van der Waals surface area contributed by atoms with Crippen molar-refractivity contribution in [3.05, 3.63) is 46.6 Å². The van der Waals surface area contributed by atoms with Crippen LogP contribution in [0.1, 0.15) is 5.56 Å². The van der Waals surface area contributed by atoms with E-state index < -0.39 is 12.0 Å². The average molecular weight is 673 g/mol. The zero-order valence-electron chi connectivity index (χ0n) is 12.6. The molecule has 0 radical (unpaired) electrons. The minimum absolute atomic E-state index is 0. The van der Waals surface area contributed by atoms with Crippen LogP contribution in [0.2, 0.25) is 0 Å². The van der Waals surface area contributed by atoms with Gasteiger partial charge in [-0.3, -0.25) is 4.79 Å². The van der Waals surface area contributed by atoms with Crippen LogP contribution in [0.3, 0.4) is 0 Å². The molecule has 9 heteroatoms. The second-order valence-electron chi connectivity index (χ2n) is 4.72. The molecule has 0 unspecified atom stereocenters. The summed E-state index contributed by atoms with van der Waals surface area (Å²) >= 11 is 6.32. The van der Waals surface area contributed by atoms with Crippen LogP contribution in [0, 0.1) is 10.7 Å². The minimum atomic E-state index is -1.02. The molecule has 0 saturated heterocycles. The number of hydrogen-bond donors (Lipinski definition) is 2. The summed E-state index contributed by atoms with van der Waals surface area (Å²) in [4.78, 5) is 10.9. The second kappa shape index (κ2) is 10.1. The monoisotopic (exact) mass is 673 g/mol. The molecule has 0 aliphatic carbocycles. The van der Waals surface area contributed by atoms with E-state index in [2.05, 4.69) is 67.8 Å².